The molecule has 0 atom stereocenters. The van der Waals surface area contributed by atoms with Gasteiger partial charge in [0.05, 0.1) is 17.8 Å². The molecule has 2 heterocycles. The van der Waals surface area contributed by atoms with Crippen LogP contribution in [0.2, 0.25) is 0 Å². The number of aromatic amines is 1. The van der Waals surface area contributed by atoms with Crippen LogP contribution in [-0.2, 0) is 4.74 Å². The van der Waals surface area contributed by atoms with Gasteiger partial charge in [-0.25, -0.2) is 4.79 Å². The number of aryl methyl sites for hydroxylation is 1. The summed E-state index contributed by atoms with van der Waals surface area (Å²) in [5.41, 5.74) is 4.32. The van der Waals surface area contributed by atoms with E-state index >= 15 is 0 Å². The van der Waals surface area contributed by atoms with Gasteiger partial charge in [-0.05, 0) is 43.3 Å². The summed E-state index contributed by atoms with van der Waals surface area (Å²) in [5, 5.41) is 18.4. The highest BCUT2D eigenvalue weighted by Gasteiger charge is 2.19. The van der Waals surface area contributed by atoms with Gasteiger partial charge < -0.3 is 10.1 Å². The highest BCUT2D eigenvalue weighted by Crippen LogP contribution is 2.33. The van der Waals surface area contributed by atoms with Crippen LogP contribution in [0.15, 0.2) is 48.7 Å². The van der Waals surface area contributed by atoms with Gasteiger partial charge in [-0.15, -0.1) is 10.2 Å². The summed E-state index contributed by atoms with van der Waals surface area (Å²) < 4.78 is 5.23. The fraction of sp³-hybridized carbons (Fsp3) is 0.150. The maximum Gasteiger partial charge on any atom is 0.341 e. The van der Waals surface area contributed by atoms with Crippen LogP contribution in [-0.4, -0.2) is 38.2 Å². The fourth-order valence-corrected chi connectivity index (χ4v) is 3.00. The van der Waals surface area contributed by atoms with Crippen molar-refractivity contribution in [3.05, 3.63) is 59.8 Å². The van der Waals surface area contributed by atoms with Crippen molar-refractivity contribution in [3.63, 3.8) is 0 Å². The Kier molecular flexibility index (Phi) is 4.67. The number of pyridine rings is 1. The standard InChI is InChI=1S/C20H18N6O2/c1-3-28-20(27)15-11-21-16-9-8-12(2)10-14(16)18(15)22-17-7-5-4-6-13(17)19-23-25-26-24-19/h4-11H,3H2,1-2H3,(H,21,22)(H,23,24,25,26). The minimum atomic E-state index is -0.432. The van der Waals surface area contributed by atoms with Crippen LogP contribution in [0.3, 0.4) is 0 Å². The molecule has 0 aliphatic carbocycles. The van der Waals surface area contributed by atoms with Crippen molar-refractivity contribution >= 4 is 28.2 Å². The van der Waals surface area contributed by atoms with Gasteiger partial charge in [-0.1, -0.05) is 23.8 Å². The molecular weight excluding hydrogens is 356 g/mol. The van der Waals surface area contributed by atoms with Crippen LogP contribution in [0.25, 0.3) is 22.3 Å². The number of nitrogens with zero attached hydrogens (tertiary/aromatic N) is 4. The molecule has 0 bridgehead atoms. The minimum absolute atomic E-state index is 0.281. The van der Waals surface area contributed by atoms with Crippen LogP contribution in [0.4, 0.5) is 11.4 Å². The second kappa shape index (κ2) is 7.43. The van der Waals surface area contributed by atoms with E-state index in [-0.39, 0.29) is 6.61 Å². The predicted octanol–water partition coefficient (Wildman–Crippen LogP) is 3.64. The van der Waals surface area contributed by atoms with E-state index in [1.54, 1.807) is 6.92 Å². The van der Waals surface area contributed by atoms with Crippen molar-refractivity contribution in [3.8, 4) is 11.4 Å². The number of anilines is 2. The summed E-state index contributed by atoms with van der Waals surface area (Å²) in [7, 11) is 0. The molecule has 28 heavy (non-hydrogen) atoms. The van der Waals surface area contributed by atoms with Crippen LogP contribution in [0.5, 0.6) is 0 Å². The molecule has 4 aromatic rings. The van der Waals surface area contributed by atoms with Crippen LogP contribution < -0.4 is 5.32 Å². The van der Waals surface area contributed by atoms with Gasteiger partial charge >= 0.3 is 5.97 Å². The molecule has 0 amide bonds. The molecule has 8 heteroatoms. The average Bonchev–Trinajstić information content (AvgIpc) is 3.23. The highest BCUT2D eigenvalue weighted by molar-refractivity contribution is 6.06. The lowest BCUT2D eigenvalue weighted by molar-refractivity contribution is 0.0527. The number of hydrogen-bond acceptors (Lipinski definition) is 7. The van der Waals surface area contributed by atoms with E-state index in [2.05, 4.69) is 30.9 Å². The van der Waals surface area contributed by atoms with Gasteiger partial charge in [0.25, 0.3) is 0 Å². The first kappa shape index (κ1) is 17.6. The monoisotopic (exact) mass is 374 g/mol. The number of tetrazole rings is 1. The van der Waals surface area contributed by atoms with Crippen molar-refractivity contribution in [2.75, 3.05) is 11.9 Å². The molecule has 0 unspecified atom stereocenters. The Balaban J connectivity index is 1.89. The van der Waals surface area contributed by atoms with E-state index in [0.717, 1.165) is 27.7 Å². The molecule has 140 valence electrons. The number of carbonyl (C=O) groups excluding carboxylic acids is 1. The van der Waals surface area contributed by atoms with E-state index in [4.69, 9.17) is 4.74 Å². The van der Waals surface area contributed by atoms with Crippen molar-refractivity contribution in [2.24, 2.45) is 0 Å². The van der Waals surface area contributed by atoms with E-state index in [0.29, 0.717) is 17.1 Å². The lowest BCUT2D eigenvalue weighted by Crippen LogP contribution is -2.09. The van der Waals surface area contributed by atoms with E-state index in [1.165, 1.54) is 6.20 Å². The molecule has 4 rings (SSSR count). The Labute approximate surface area is 161 Å². The van der Waals surface area contributed by atoms with Gasteiger partial charge in [0.1, 0.15) is 5.56 Å². The molecule has 0 spiro atoms. The molecule has 2 N–H and O–H groups in total. The molecule has 2 aromatic heterocycles. The fourth-order valence-electron chi connectivity index (χ4n) is 3.00. The predicted molar refractivity (Wildman–Crippen MR) is 105 cm³/mol. The number of nitrogens with one attached hydrogen (secondary N) is 2. The topological polar surface area (TPSA) is 106 Å². The molecule has 2 aromatic carbocycles. The number of hydrogen-bond donors (Lipinski definition) is 2. The molecule has 0 saturated heterocycles. The molecule has 0 radical (unpaired) electrons. The Hall–Kier alpha value is -3.81. The zero-order chi connectivity index (χ0) is 19.5. The first-order chi connectivity index (χ1) is 13.7. The summed E-state index contributed by atoms with van der Waals surface area (Å²) in [4.78, 5) is 17.0. The summed E-state index contributed by atoms with van der Waals surface area (Å²) in [5.74, 6) is 0.0216. The summed E-state index contributed by atoms with van der Waals surface area (Å²) in [6, 6.07) is 13.5. The highest BCUT2D eigenvalue weighted by atomic mass is 16.5. The number of fused-ring (bicyclic) bond motifs is 1. The third-order valence-corrected chi connectivity index (χ3v) is 4.29. The minimum Gasteiger partial charge on any atom is -0.462 e. The lowest BCUT2D eigenvalue weighted by atomic mass is 10.1. The van der Waals surface area contributed by atoms with Crippen molar-refractivity contribution in [1.82, 2.24) is 25.6 Å². The van der Waals surface area contributed by atoms with Gasteiger partial charge in [0, 0.05) is 22.8 Å². The second-order valence-electron chi connectivity index (χ2n) is 6.19. The Morgan fingerprint density at radius 2 is 2.07 bits per heavy atom. The van der Waals surface area contributed by atoms with Crippen molar-refractivity contribution in [2.45, 2.75) is 13.8 Å². The van der Waals surface area contributed by atoms with E-state index in [1.807, 2.05) is 49.4 Å². The second-order valence-corrected chi connectivity index (χ2v) is 6.19. The molecule has 0 aliphatic rings. The quantitative estimate of drug-likeness (QED) is 0.514. The van der Waals surface area contributed by atoms with Crippen LogP contribution >= 0.6 is 0 Å². The van der Waals surface area contributed by atoms with Gasteiger partial charge in [-0.3, -0.25) is 4.98 Å². The number of para-hydroxylation sites is 1. The molecule has 0 fully saturated rings. The van der Waals surface area contributed by atoms with Crippen molar-refractivity contribution in [1.29, 1.82) is 0 Å². The largest absolute Gasteiger partial charge is 0.462 e. The molecular formula is C20H18N6O2. The van der Waals surface area contributed by atoms with Gasteiger partial charge in [0.2, 0.25) is 5.82 Å². The maximum atomic E-state index is 12.6. The lowest BCUT2D eigenvalue weighted by Gasteiger charge is -2.16. The number of esters is 1. The zero-order valence-electron chi connectivity index (χ0n) is 15.4. The van der Waals surface area contributed by atoms with Crippen LogP contribution in [0, 0.1) is 6.92 Å². The number of aromatic nitrogens is 5. The van der Waals surface area contributed by atoms with E-state index in [9.17, 15) is 4.79 Å². The summed E-state index contributed by atoms with van der Waals surface area (Å²) >= 11 is 0. The Bertz CT molecular complexity index is 1140. The zero-order valence-corrected chi connectivity index (χ0v) is 15.4. The number of benzene rings is 2. The third-order valence-electron chi connectivity index (χ3n) is 4.29. The molecule has 0 saturated carbocycles. The normalized spacial score (nSPS) is 10.8. The van der Waals surface area contributed by atoms with E-state index < -0.39 is 5.97 Å². The molecule has 0 aliphatic heterocycles. The average molecular weight is 374 g/mol. The smallest absolute Gasteiger partial charge is 0.341 e. The van der Waals surface area contributed by atoms with Crippen molar-refractivity contribution < 1.29 is 9.53 Å². The first-order valence-corrected chi connectivity index (χ1v) is 8.83. The number of H-pyrrole nitrogens is 1. The Morgan fingerprint density at radius 1 is 1.21 bits per heavy atom. The maximum absolute atomic E-state index is 12.6. The SMILES string of the molecule is CCOC(=O)c1cnc2ccc(C)cc2c1Nc1ccccc1-c1nn[nH]n1. The summed E-state index contributed by atoms with van der Waals surface area (Å²) in [6.45, 7) is 4.05. The summed E-state index contributed by atoms with van der Waals surface area (Å²) in [6.07, 6.45) is 1.54. The number of carbonyl (C=O) groups is 1. The Morgan fingerprint density at radius 3 is 2.86 bits per heavy atom. The van der Waals surface area contributed by atoms with Gasteiger partial charge in [-0.2, -0.15) is 5.21 Å². The molecule has 8 nitrogen and oxygen atoms in total. The van der Waals surface area contributed by atoms with Crippen LogP contribution in [0.1, 0.15) is 22.8 Å². The third kappa shape index (κ3) is 3.27. The van der Waals surface area contributed by atoms with Gasteiger partial charge in [0.15, 0.2) is 0 Å². The number of rotatable bonds is 5. The number of ether oxygens (including phenoxy) is 1. The first-order valence-electron chi connectivity index (χ1n) is 8.83.